The lowest BCUT2D eigenvalue weighted by Gasteiger charge is -2.14. The van der Waals surface area contributed by atoms with Crippen molar-refractivity contribution < 1.29 is 9.53 Å². The molecule has 0 atom stereocenters. The van der Waals surface area contributed by atoms with E-state index in [0.717, 1.165) is 5.56 Å². The van der Waals surface area contributed by atoms with Gasteiger partial charge in [-0.25, -0.2) is 0 Å². The first kappa shape index (κ1) is 15.1. The van der Waals surface area contributed by atoms with E-state index in [4.69, 9.17) is 4.74 Å². The van der Waals surface area contributed by atoms with Gasteiger partial charge in [0.2, 0.25) is 0 Å². The summed E-state index contributed by atoms with van der Waals surface area (Å²) < 4.78 is 5.70. The predicted molar refractivity (Wildman–Crippen MR) is 78.9 cm³/mol. The molecule has 3 heteroatoms. The van der Waals surface area contributed by atoms with Crippen LogP contribution in [0.3, 0.4) is 0 Å². The summed E-state index contributed by atoms with van der Waals surface area (Å²) in [4.78, 5) is 12.2. The van der Waals surface area contributed by atoms with Crippen LogP contribution in [-0.4, -0.2) is 22.9 Å². The van der Waals surface area contributed by atoms with Crippen LogP contribution in [0, 0.1) is 6.92 Å². The van der Waals surface area contributed by atoms with Crippen molar-refractivity contribution in [1.29, 1.82) is 0 Å². The Morgan fingerprint density at radius 3 is 2.50 bits per heavy atom. The van der Waals surface area contributed by atoms with Gasteiger partial charge in [0.25, 0.3) is 0 Å². The molecule has 0 aromatic heterocycles. The van der Waals surface area contributed by atoms with E-state index in [9.17, 15) is 4.79 Å². The first-order valence-electron chi connectivity index (χ1n) is 6.32. The highest BCUT2D eigenvalue weighted by molar-refractivity contribution is 8.00. The molecule has 0 bridgehead atoms. The molecule has 1 aromatic carbocycles. The molecule has 0 heterocycles. The van der Waals surface area contributed by atoms with Crippen LogP contribution in [0.4, 0.5) is 0 Å². The van der Waals surface area contributed by atoms with E-state index in [1.807, 2.05) is 39.0 Å². The van der Waals surface area contributed by atoms with Crippen LogP contribution >= 0.6 is 11.8 Å². The molecule has 0 fully saturated rings. The zero-order chi connectivity index (χ0) is 13.7. The smallest absolute Gasteiger partial charge is 0.176 e. The molecule has 0 aliphatic rings. The normalized spacial score (nSPS) is 11.1. The van der Waals surface area contributed by atoms with E-state index in [-0.39, 0.29) is 11.9 Å². The molecule has 1 aromatic rings. The van der Waals surface area contributed by atoms with Crippen molar-refractivity contribution in [1.82, 2.24) is 0 Å². The minimum Gasteiger partial charge on any atom is -0.490 e. The van der Waals surface area contributed by atoms with Gasteiger partial charge in [0.15, 0.2) is 5.78 Å². The van der Waals surface area contributed by atoms with Crippen molar-refractivity contribution in [3.05, 3.63) is 29.3 Å². The molecular weight excluding hydrogens is 244 g/mol. The zero-order valence-electron chi connectivity index (χ0n) is 11.8. The lowest BCUT2D eigenvalue weighted by Crippen LogP contribution is -2.12. The summed E-state index contributed by atoms with van der Waals surface area (Å²) >= 11 is 1.66. The van der Waals surface area contributed by atoms with Crippen molar-refractivity contribution in [2.75, 3.05) is 5.75 Å². The summed E-state index contributed by atoms with van der Waals surface area (Å²) in [6.45, 7) is 10.1. The van der Waals surface area contributed by atoms with Gasteiger partial charge in [-0.1, -0.05) is 25.5 Å². The number of ether oxygens (including phenoxy) is 1. The second-order valence-corrected chi connectivity index (χ2v) is 6.51. The third kappa shape index (κ3) is 4.73. The van der Waals surface area contributed by atoms with Crippen molar-refractivity contribution in [2.45, 2.75) is 46.0 Å². The van der Waals surface area contributed by atoms with E-state index in [0.29, 0.717) is 22.3 Å². The Morgan fingerprint density at radius 1 is 1.28 bits per heavy atom. The largest absolute Gasteiger partial charge is 0.490 e. The summed E-state index contributed by atoms with van der Waals surface area (Å²) in [5, 5.41) is 0.466. The Balaban J connectivity index is 2.90. The van der Waals surface area contributed by atoms with E-state index in [2.05, 4.69) is 13.8 Å². The number of benzene rings is 1. The summed E-state index contributed by atoms with van der Waals surface area (Å²) in [7, 11) is 0. The van der Waals surface area contributed by atoms with E-state index < -0.39 is 0 Å². The zero-order valence-corrected chi connectivity index (χ0v) is 12.6. The lowest BCUT2D eigenvalue weighted by atomic mass is 10.1. The average molecular weight is 266 g/mol. The van der Waals surface area contributed by atoms with Crippen molar-refractivity contribution in [3.8, 4) is 5.75 Å². The maximum atomic E-state index is 12.2. The minimum absolute atomic E-state index is 0.0806. The fraction of sp³-hybridized carbons (Fsp3) is 0.533. The SMILES string of the molecule is Cc1ccc(OC(C)C)c(C(=O)CSC(C)C)c1. The molecule has 1 rings (SSSR count). The minimum atomic E-state index is 0.0806. The van der Waals surface area contributed by atoms with E-state index in [1.54, 1.807) is 11.8 Å². The van der Waals surface area contributed by atoms with Gasteiger partial charge in [0.05, 0.1) is 17.4 Å². The van der Waals surface area contributed by atoms with E-state index in [1.165, 1.54) is 0 Å². The molecule has 0 N–H and O–H groups in total. The molecule has 0 saturated carbocycles. The third-order valence-corrected chi connectivity index (χ3v) is 3.44. The maximum Gasteiger partial charge on any atom is 0.176 e. The van der Waals surface area contributed by atoms with Gasteiger partial charge in [0.1, 0.15) is 5.75 Å². The van der Waals surface area contributed by atoms with Crippen LogP contribution in [0.2, 0.25) is 0 Å². The van der Waals surface area contributed by atoms with Crippen LogP contribution in [-0.2, 0) is 0 Å². The van der Waals surface area contributed by atoms with Crippen LogP contribution in [0.15, 0.2) is 18.2 Å². The quantitative estimate of drug-likeness (QED) is 0.725. The fourth-order valence-electron chi connectivity index (χ4n) is 1.54. The molecule has 0 radical (unpaired) electrons. The first-order valence-corrected chi connectivity index (χ1v) is 7.37. The molecule has 0 amide bonds. The summed E-state index contributed by atoms with van der Waals surface area (Å²) in [6, 6.07) is 5.79. The van der Waals surface area contributed by atoms with Crippen LogP contribution in [0.1, 0.15) is 43.6 Å². The number of carbonyl (C=O) groups is 1. The number of ketones is 1. The Morgan fingerprint density at radius 2 is 1.94 bits per heavy atom. The second-order valence-electron chi connectivity index (χ2n) is 4.95. The number of rotatable bonds is 6. The first-order chi connectivity index (χ1) is 8.40. The third-order valence-electron chi connectivity index (χ3n) is 2.35. The number of thioether (sulfide) groups is 1. The number of aryl methyl sites for hydroxylation is 1. The average Bonchev–Trinajstić information content (AvgIpc) is 2.27. The van der Waals surface area contributed by atoms with Crippen molar-refractivity contribution in [2.24, 2.45) is 0 Å². The molecule has 100 valence electrons. The molecule has 0 saturated heterocycles. The highest BCUT2D eigenvalue weighted by Gasteiger charge is 2.14. The van der Waals surface area contributed by atoms with Crippen LogP contribution in [0.25, 0.3) is 0 Å². The highest BCUT2D eigenvalue weighted by atomic mass is 32.2. The van der Waals surface area contributed by atoms with Gasteiger partial charge in [-0.15, -0.1) is 0 Å². The van der Waals surface area contributed by atoms with Gasteiger partial charge in [-0.05, 0) is 38.2 Å². The molecule has 0 aliphatic carbocycles. The Labute approximate surface area is 114 Å². The Bertz CT molecular complexity index is 411. The Hall–Kier alpha value is -0.960. The predicted octanol–water partition coefficient (Wildman–Crippen LogP) is 4.11. The standard InChI is InChI=1S/C15H22O2S/c1-10(2)17-15-7-6-12(5)8-13(15)14(16)9-18-11(3)4/h6-8,10-11H,9H2,1-5H3. The molecule has 0 aliphatic heterocycles. The summed E-state index contributed by atoms with van der Waals surface area (Å²) in [5.74, 6) is 1.35. The van der Waals surface area contributed by atoms with Crippen LogP contribution in [0.5, 0.6) is 5.75 Å². The number of carbonyl (C=O) groups excluding carboxylic acids is 1. The van der Waals surface area contributed by atoms with Crippen molar-refractivity contribution in [3.63, 3.8) is 0 Å². The molecule has 0 spiro atoms. The fourth-order valence-corrected chi connectivity index (χ4v) is 2.18. The van der Waals surface area contributed by atoms with E-state index >= 15 is 0 Å². The second kappa shape index (κ2) is 6.83. The molecule has 18 heavy (non-hydrogen) atoms. The molecule has 2 nitrogen and oxygen atoms in total. The van der Waals surface area contributed by atoms with Gasteiger partial charge < -0.3 is 4.74 Å². The summed E-state index contributed by atoms with van der Waals surface area (Å²) in [6.07, 6.45) is 0.0806. The van der Waals surface area contributed by atoms with Gasteiger partial charge >= 0.3 is 0 Å². The molecular formula is C15H22O2S. The number of Topliss-reactive ketones (excluding diaryl/α,β-unsaturated/α-hetero) is 1. The highest BCUT2D eigenvalue weighted by Crippen LogP contribution is 2.24. The number of hydrogen-bond acceptors (Lipinski definition) is 3. The summed E-state index contributed by atoms with van der Waals surface area (Å²) in [5.41, 5.74) is 1.79. The number of hydrogen-bond donors (Lipinski definition) is 0. The monoisotopic (exact) mass is 266 g/mol. The lowest BCUT2D eigenvalue weighted by molar-refractivity contribution is 0.101. The Kier molecular flexibility index (Phi) is 5.73. The maximum absolute atomic E-state index is 12.2. The van der Waals surface area contributed by atoms with Gasteiger partial charge in [-0.2, -0.15) is 11.8 Å². The molecule has 0 unspecified atom stereocenters. The topological polar surface area (TPSA) is 26.3 Å². The van der Waals surface area contributed by atoms with Crippen LogP contribution < -0.4 is 4.74 Å². The van der Waals surface area contributed by atoms with Crippen molar-refractivity contribution >= 4 is 17.5 Å². The van der Waals surface area contributed by atoms with Gasteiger partial charge in [-0.3, -0.25) is 4.79 Å². The van der Waals surface area contributed by atoms with Gasteiger partial charge in [0, 0.05) is 0 Å².